The second kappa shape index (κ2) is 9.48. The summed E-state index contributed by atoms with van der Waals surface area (Å²) in [5.41, 5.74) is 1.09. The number of nitrogens with one attached hydrogen (secondary N) is 2. The Labute approximate surface area is 160 Å². The Kier molecular flexibility index (Phi) is 7.33. The molecule has 2 rings (SSSR count). The molecule has 0 radical (unpaired) electrons. The summed E-state index contributed by atoms with van der Waals surface area (Å²) in [7, 11) is 5.10. The third-order valence-corrected chi connectivity index (χ3v) is 5.27. The number of aliphatic imine (C=N–C) groups is 1. The molecule has 2 aromatic rings. The van der Waals surface area contributed by atoms with Crippen molar-refractivity contribution in [2.75, 3.05) is 34.4 Å². The van der Waals surface area contributed by atoms with Gasteiger partial charge >= 0.3 is 0 Å². The van der Waals surface area contributed by atoms with Gasteiger partial charge in [-0.2, -0.15) is 0 Å². The zero-order valence-corrected chi connectivity index (χ0v) is 17.1. The molecule has 0 aliphatic heterocycles. The van der Waals surface area contributed by atoms with E-state index in [0.717, 1.165) is 37.0 Å². The Bertz CT molecular complexity index is 712. The number of rotatable bonds is 8. The van der Waals surface area contributed by atoms with E-state index in [4.69, 9.17) is 9.47 Å². The highest BCUT2D eigenvalue weighted by Gasteiger charge is 2.22. The molecule has 5 nitrogen and oxygen atoms in total. The van der Waals surface area contributed by atoms with Gasteiger partial charge in [0.15, 0.2) is 17.5 Å². The Morgan fingerprint density at radius 3 is 2.50 bits per heavy atom. The molecule has 0 unspecified atom stereocenters. The van der Waals surface area contributed by atoms with Crippen LogP contribution in [-0.2, 0) is 11.8 Å². The van der Waals surface area contributed by atoms with Crippen molar-refractivity contribution >= 4 is 17.3 Å². The van der Waals surface area contributed by atoms with E-state index in [0.29, 0.717) is 0 Å². The van der Waals surface area contributed by atoms with Crippen molar-refractivity contribution in [3.05, 3.63) is 46.2 Å². The van der Waals surface area contributed by atoms with Gasteiger partial charge in [0.2, 0.25) is 0 Å². The SMILES string of the molecule is CN=C(NCCc1cccs1)NCC(C)(C)c1ccc(OC)c(OC)c1. The van der Waals surface area contributed by atoms with Gasteiger partial charge in [-0.25, -0.2) is 0 Å². The van der Waals surface area contributed by atoms with Crippen molar-refractivity contribution in [3.63, 3.8) is 0 Å². The van der Waals surface area contributed by atoms with E-state index in [9.17, 15) is 0 Å². The van der Waals surface area contributed by atoms with Crippen LogP contribution in [0.25, 0.3) is 0 Å². The van der Waals surface area contributed by atoms with Gasteiger partial charge in [-0.15, -0.1) is 11.3 Å². The van der Waals surface area contributed by atoms with Crippen LogP contribution in [0.5, 0.6) is 11.5 Å². The molecule has 142 valence electrons. The summed E-state index contributed by atoms with van der Waals surface area (Å²) < 4.78 is 10.8. The first-order chi connectivity index (χ1) is 12.5. The molecular formula is C20H29N3O2S. The van der Waals surface area contributed by atoms with Crippen LogP contribution in [0.15, 0.2) is 40.7 Å². The zero-order valence-electron chi connectivity index (χ0n) is 16.3. The third kappa shape index (κ3) is 5.39. The summed E-state index contributed by atoms with van der Waals surface area (Å²) in [4.78, 5) is 5.69. The summed E-state index contributed by atoms with van der Waals surface area (Å²) >= 11 is 1.78. The smallest absolute Gasteiger partial charge is 0.191 e. The molecular weight excluding hydrogens is 346 g/mol. The molecule has 1 aromatic heterocycles. The van der Waals surface area contributed by atoms with Crippen LogP contribution in [0.4, 0.5) is 0 Å². The van der Waals surface area contributed by atoms with Gasteiger partial charge in [0.25, 0.3) is 0 Å². The van der Waals surface area contributed by atoms with Crippen LogP contribution in [-0.4, -0.2) is 40.3 Å². The molecule has 0 fully saturated rings. The molecule has 0 atom stereocenters. The van der Waals surface area contributed by atoms with Crippen LogP contribution in [0, 0.1) is 0 Å². The van der Waals surface area contributed by atoms with Gasteiger partial charge < -0.3 is 20.1 Å². The highest BCUT2D eigenvalue weighted by Crippen LogP contribution is 2.32. The number of methoxy groups -OCH3 is 2. The molecule has 0 aliphatic rings. The molecule has 0 aliphatic carbocycles. The van der Waals surface area contributed by atoms with Gasteiger partial charge in [0.1, 0.15) is 0 Å². The molecule has 0 saturated carbocycles. The van der Waals surface area contributed by atoms with E-state index < -0.39 is 0 Å². The van der Waals surface area contributed by atoms with E-state index in [1.54, 1.807) is 32.6 Å². The van der Waals surface area contributed by atoms with Crippen molar-refractivity contribution in [1.82, 2.24) is 10.6 Å². The van der Waals surface area contributed by atoms with Crippen molar-refractivity contribution in [1.29, 1.82) is 0 Å². The minimum Gasteiger partial charge on any atom is -0.493 e. The Hall–Kier alpha value is -2.21. The van der Waals surface area contributed by atoms with E-state index >= 15 is 0 Å². The van der Waals surface area contributed by atoms with Gasteiger partial charge in [-0.3, -0.25) is 4.99 Å². The fourth-order valence-electron chi connectivity index (χ4n) is 2.64. The lowest BCUT2D eigenvalue weighted by atomic mass is 9.84. The number of benzene rings is 1. The van der Waals surface area contributed by atoms with E-state index in [2.05, 4.69) is 53.1 Å². The molecule has 0 amide bonds. The van der Waals surface area contributed by atoms with Gasteiger partial charge in [0.05, 0.1) is 14.2 Å². The molecule has 0 saturated heterocycles. The first-order valence-electron chi connectivity index (χ1n) is 8.69. The number of hydrogen-bond donors (Lipinski definition) is 2. The van der Waals surface area contributed by atoms with Crippen LogP contribution in [0.1, 0.15) is 24.3 Å². The highest BCUT2D eigenvalue weighted by molar-refractivity contribution is 7.09. The first kappa shape index (κ1) is 20.1. The second-order valence-corrected chi connectivity index (χ2v) is 7.67. The van der Waals surface area contributed by atoms with Crippen molar-refractivity contribution in [2.45, 2.75) is 25.7 Å². The summed E-state index contributed by atoms with van der Waals surface area (Å²) in [6.45, 7) is 6.00. The van der Waals surface area contributed by atoms with Gasteiger partial charge in [-0.05, 0) is 35.6 Å². The molecule has 0 spiro atoms. The largest absolute Gasteiger partial charge is 0.493 e. The standard InChI is InChI=1S/C20H29N3O2S/c1-20(2,15-8-9-17(24-4)18(13-15)25-5)14-23-19(21-3)22-11-10-16-7-6-12-26-16/h6-9,12-13H,10-11,14H2,1-5H3,(H2,21,22,23). The maximum atomic E-state index is 5.43. The predicted molar refractivity (Wildman–Crippen MR) is 110 cm³/mol. The van der Waals surface area contributed by atoms with Gasteiger partial charge in [0, 0.05) is 30.4 Å². The minimum atomic E-state index is -0.0923. The number of thiophene rings is 1. The van der Waals surface area contributed by atoms with Crippen molar-refractivity contribution < 1.29 is 9.47 Å². The molecule has 26 heavy (non-hydrogen) atoms. The summed E-state index contributed by atoms with van der Waals surface area (Å²) in [6, 6.07) is 10.3. The summed E-state index contributed by atoms with van der Waals surface area (Å²) in [5, 5.41) is 8.90. The van der Waals surface area contributed by atoms with Crippen LogP contribution < -0.4 is 20.1 Å². The maximum absolute atomic E-state index is 5.43. The number of guanidine groups is 1. The summed E-state index contributed by atoms with van der Waals surface area (Å²) in [6.07, 6.45) is 0.997. The predicted octanol–water partition coefficient (Wildman–Crippen LogP) is 3.45. The quantitative estimate of drug-likeness (QED) is 0.548. The van der Waals surface area contributed by atoms with Crippen LogP contribution in [0.2, 0.25) is 0 Å². The average Bonchev–Trinajstić information content (AvgIpc) is 3.17. The van der Waals surface area contributed by atoms with Crippen LogP contribution in [0.3, 0.4) is 0 Å². The maximum Gasteiger partial charge on any atom is 0.191 e. The normalized spacial score (nSPS) is 12.0. The minimum absolute atomic E-state index is 0.0923. The molecule has 6 heteroatoms. The lowest BCUT2D eigenvalue weighted by molar-refractivity contribution is 0.353. The third-order valence-electron chi connectivity index (χ3n) is 4.33. The lowest BCUT2D eigenvalue weighted by Gasteiger charge is -2.27. The average molecular weight is 376 g/mol. The van der Waals surface area contributed by atoms with E-state index in [-0.39, 0.29) is 5.41 Å². The Balaban J connectivity index is 1.92. The fourth-order valence-corrected chi connectivity index (χ4v) is 3.35. The number of nitrogens with zero attached hydrogens (tertiary/aromatic N) is 1. The first-order valence-corrected chi connectivity index (χ1v) is 9.57. The fraction of sp³-hybridized carbons (Fsp3) is 0.450. The second-order valence-electron chi connectivity index (χ2n) is 6.64. The summed E-state index contributed by atoms with van der Waals surface area (Å²) in [5.74, 6) is 2.30. The zero-order chi connectivity index (χ0) is 19.0. The topological polar surface area (TPSA) is 54.9 Å². The van der Waals surface area contributed by atoms with E-state index in [1.807, 2.05) is 12.1 Å². The molecule has 1 aromatic carbocycles. The highest BCUT2D eigenvalue weighted by atomic mass is 32.1. The van der Waals surface area contributed by atoms with Crippen molar-refractivity contribution in [3.8, 4) is 11.5 Å². The lowest BCUT2D eigenvalue weighted by Crippen LogP contribution is -2.44. The van der Waals surface area contributed by atoms with Crippen LogP contribution >= 0.6 is 11.3 Å². The molecule has 1 heterocycles. The number of hydrogen-bond acceptors (Lipinski definition) is 4. The van der Waals surface area contributed by atoms with Crippen molar-refractivity contribution in [2.24, 2.45) is 4.99 Å². The Morgan fingerprint density at radius 1 is 1.12 bits per heavy atom. The van der Waals surface area contributed by atoms with E-state index in [1.165, 1.54) is 10.4 Å². The molecule has 0 bridgehead atoms. The number of ether oxygens (including phenoxy) is 2. The monoisotopic (exact) mass is 375 g/mol. The van der Waals surface area contributed by atoms with Gasteiger partial charge in [-0.1, -0.05) is 26.0 Å². The Morgan fingerprint density at radius 2 is 1.88 bits per heavy atom. The molecule has 2 N–H and O–H groups in total.